The summed E-state index contributed by atoms with van der Waals surface area (Å²) < 4.78 is 0. The summed E-state index contributed by atoms with van der Waals surface area (Å²) in [5.41, 5.74) is 1.98. The molecule has 0 saturated heterocycles. The van der Waals surface area contributed by atoms with E-state index in [0.717, 1.165) is 11.0 Å². The van der Waals surface area contributed by atoms with Crippen LogP contribution in [0.1, 0.15) is 22.1 Å². The van der Waals surface area contributed by atoms with Crippen LogP contribution in [-0.4, -0.2) is 34.8 Å². The molecule has 1 aromatic carbocycles. The molecule has 0 amide bonds. The van der Waals surface area contributed by atoms with Crippen LogP contribution in [0.3, 0.4) is 0 Å². The summed E-state index contributed by atoms with van der Waals surface area (Å²) >= 11 is 0. The number of hydrogen-bond donors (Lipinski definition) is 1. The van der Waals surface area contributed by atoms with E-state index in [1.54, 1.807) is 23.2 Å². The number of H-pyrrole nitrogens is 1. The SMILES string of the molecule is CN(C)c1cc(C(=O)[C@H](C#N)c2nc3ccccc3[nH]2)ccn1. The molecular formula is C17H15N5O. The van der Waals surface area contributed by atoms with Crippen LogP contribution in [0.5, 0.6) is 0 Å². The van der Waals surface area contributed by atoms with Crippen LogP contribution in [-0.2, 0) is 0 Å². The fourth-order valence-corrected chi connectivity index (χ4v) is 2.34. The largest absolute Gasteiger partial charge is 0.363 e. The maximum atomic E-state index is 12.7. The minimum absolute atomic E-state index is 0.294. The molecule has 0 saturated carbocycles. The molecule has 0 aliphatic heterocycles. The predicted octanol–water partition coefficient (Wildman–Crippen LogP) is 2.51. The molecule has 3 rings (SSSR count). The van der Waals surface area contributed by atoms with Crippen molar-refractivity contribution in [3.63, 3.8) is 0 Å². The van der Waals surface area contributed by atoms with E-state index >= 15 is 0 Å². The number of anilines is 1. The smallest absolute Gasteiger partial charge is 0.187 e. The first kappa shape index (κ1) is 14.7. The molecular weight excluding hydrogens is 290 g/mol. The van der Waals surface area contributed by atoms with E-state index in [1.165, 1.54) is 0 Å². The van der Waals surface area contributed by atoms with Crippen molar-refractivity contribution in [2.75, 3.05) is 19.0 Å². The number of imidazole rings is 1. The van der Waals surface area contributed by atoms with Gasteiger partial charge in [0.1, 0.15) is 11.6 Å². The summed E-state index contributed by atoms with van der Waals surface area (Å²) in [6.45, 7) is 0. The Balaban J connectivity index is 1.99. The van der Waals surface area contributed by atoms with Gasteiger partial charge >= 0.3 is 0 Å². The molecule has 2 heterocycles. The summed E-state index contributed by atoms with van der Waals surface area (Å²) in [7, 11) is 3.69. The Morgan fingerprint density at radius 2 is 2.09 bits per heavy atom. The van der Waals surface area contributed by atoms with Crippen molar-refractivity contribution in [3.8, 4) is 6.07 Å². The number of carbonyl (C=O) groups excluding carboxylic acids is 1. The molecule has 1 N–H and O–H groups in total. The Morgan fingerprint density at radius 3 is 2.78 bits per heavy atom. The van der Waals surface area contributed by atoms with Crippen molar-refractivity contribution in [1.29, 1.82) is 5.26 Å². The number of carbonyl (C=O) groups is 1. The number of rotatable bonds is 4. The number of ketones is 1. The van der Waals surface area contributed by atoms with Gasteiger partial charge in [0.25, 0.3) is 0 Å². The fraction of sp³-hybridized carbons (Fsp3) is 0.176. The van der Waals surface area contributed by atoms with Gasteiger partial charge in [-0.15, -0.1) is 0 Å². The molecule has 0 bridgehead atoms. The first-order valence-electron chi connectivity index (χ1n) is 7.12. The van der Waals surface area contributed by atoms with Crippen molar-refractivity contribution in [2.24, 2.45) is 0 Å². The van der Waals surface area contributed by atoms with Gasteiger partial charge < -0.3 is 9.88 Å². The van der Waals surface area contributed by atoms with Gasteiger partial charge in [0, 0.05) is 25.9 Å². The summed E-state index contributed by atoms with van der Waals surface area (Å²) in [5.74, 6) is -0.240. The van der Waals surface area contributed by atoms with Crippen molar-refractivity contribution in [1.82, 2.24) is 15.0 Å². The van der Waals surface area contributed by atoms with Gasteiger partial charge in [-0.05, 0) is 24.3 Å². The highest BCUT2D eigenvalue weighted by Crippen LogP contribution is 2.22. The number of benzene rings is 1. The zero-order valence-electron chi connectivity index (χ0n) is 12.8. The van der Waals surface area contributed by atoms with Crippen molar-refractivity contribution >= 4 is 22.6 Å². The van der Waals surface area contributed by atoms with E-state index in [-0.39, 0.29) is 5.78 Å². The van der Waals surface area contributed by atoms with Gasteiger partial charge in [-0.3, -0.25) is 4.79 Å². The highest BCUT2D eigenvalue weighted by atomic mass is 16.1. The van der Waals surface area contributed by atoms with Crippen LogP contribution < -0.4 is 4.90 Å². The minimum atomic E-state index is -0.972. The van der Waals surface area contributed by atoms with Crippen LogP contribution in [0.4, 0.5) is 5.82 Å². The Bertz CT molecular complexity index is 873. The Kier molecular flexibility index (Phi) is 3.77. The molecule has 0 radical (unpaired) electrons. The second kappa shape index (κ2) is 5.89. The third-order valence-electron chi connectivity index (χ3n) is 3.56. The van der Waals surface area contributed by atoms with Gasteiger partial charge in [-0.25, -0.2) is 9.97 Å². The summed E-state index contributed by atoms with van der Waals surface area (Å²) in [6.07, 6.45) is 1.57. The van der Waals surface area contributed by atoms with E-state index in [9.17, 15) is 10.1 Å². The van der Waals surface area contributed by atoms with Crippen LogP contribution in [0.15, 0.2) is 42.6 Å². The van der Waals surface area contributed by atoms with Crippen molar-refractivity contribution < 1.29 is 4.79 Å². The lowest BCUT2D eigenvalue weighted by Crippen LogP contribution is -2.15. The van der Waals surface area contributed by atoms with E-state index in [2.05, 4.69) is 15.0 Å². The maximum absolute atomic E-state index is 12.7. The van der Waals surface area contributed by atoms with E-state index in [4.69, 9.17) is 0 Å². The van der Waals surface area contributed by atoms with Crippen LogP contribution in [0.25, 0.3) is 11.0 Å². The predicted molar refractivity (Wildman–Crippen MR) is 87.3 cm³/mol. The Labute approximate surface area is 133 Å². The van der Waals surface area contributed by atoms with Gasteiger partial charge in [0.15, 0.2) is 11.7 Å². The number of nitriles is 1. The van der Waals surface area contributed by atoms with Crippen LogP contribution in [0.2, 0.25) is 0 Å². The Morgan fingerprint density at radius 1 is 1.30 bits per heavy atom. The van der Waals surface area contributed by atoms with E-state index in [1.807, 2.05) is 44.4 Å². The monoisotopic (exact) mass is 305 g/mol. The number of fused-ring (bicyclic) bond motifs is 1. The standard InChI is InChI=1S/C17H15N5O/c1-22(2)15-9-11(7-8-19-15)16(23)12(10-18)17-20-13-5-3-4-6-14(13)21-17/h3-9,12H,1-2H3,(H,20,21)/t12-/m0/s1. The highest BCUT2D eigenvalue weighted by molar-refractivity contribution is 6.03. The summed E-state index contributed by atoms with van der Waals surface area (Å²) in [6, 6.07) is 12.8. The number of para-hydroxylation sites is 2. The number of aromatic nitrogens is 3. The number of aromatic amines is 1. The molecule has 1 atom stereocenters. The topological polar surface area (TPSA) is 85.7 Å². The molecule has 0 spiro atoms. The van der Waals surface area contributed by atoms with Gasteiger partial charge in [0.05, 0.1) is 17.1 Å². The maximum Gasteiger partial charge on any atom is 0.187 e. The summed E-state index contributed by atoms with van der Waals surface area (Å²) in [5, 5.41) is 9.46. The number of pyridine rings is 1. The third kappa shape index (κ3) is 2.77. The van der Waals surface area contributed by atoms with Gasteiger partial charge in [0.2, 0.25) is 0 Å². The molecule has 114 valence electrons. The quantitative estimate of drug-likeness (QED) is 0.748. The lowest BCUT2D eigenvalue weighted by Gasteiger charge is -2.12. The molecule has 2 aromatic heterocycles. The van der Waals surface area contributed by atoms with Crippen LogP contribution in [0, 0.1) is 11.3 Å². The minimum Gasteiger partial charge on any atom is -0.363 e. The molecule has 0 aliphatic carbocycles. The first-order valence-corrected chi connectivity index (χ1v) is 7.12. The molecule has 6 heteroatoms. The molecule has 6 nitrogen and oxygen atoms in total. The zero-order chi connectivity index (χ0) is 16.4. The second-order valence-corrected chi connectivity index (χ2v) is 5.36. The lowest BCUT2D eigenvalue weighted by molar-refractivity contribution is 0.0976. The third-order valence-corrected chi connectivity index (χ3v) is 3.56. The van der Waals surface area contributed by atoms with Crippen LogP contribution >= 0.6 is 0 Å². The van der Waals surface area contributed by atoms with Gasteiger partial charge in [-0.2, -0.15) is 5.26 Å². The first-order chi connectivity index (χ1) is 11.1. The highest BCUT2D eigenvalue weighted by Gasteiger charge is 2.25. The number of nitrogens with one attached hydrogen (secondary N) is 1. The summed E-state index contributed by atoms with van der Waals surface area (Å²) in [4.78, 5) is 26.1. The van der Waals surface area contributed by atoms with E-state index in [0.29, 0.717) is 17.2 Å². The van der Waals surface area contributed by atoms with Gasteiger partial charge in [-0.1, -0.05) is 12.1 Å². The second-order valence-electron chi connectivity index (χ2n) is 5.36. The average molecular weight is 305 g/mol. The number of hydrogen-bond acceptors (Lipinski definition) is 5. The normalized spacial score (nSPS) is 11.9. The molecule has 23 heavy (non-hydrogen) atoms. The Hall–Kier alpha value is -3.20. The van der Waals surface area contributed by atoms with Crippen molar-refractivity contribution in [3.05, 3.63) is 54.0 Å². The molecule has 0 fully saturated rings. The molecule has 0 unspecified atom stereocenters. The van der Waals surface area contributed by atoms with Crippen molar-refractivity contribution in [2.45, 2.75) is 5.92 Å². The molecule has 0 aliphatic rings. The van der Waals surface area contributed by atoms with E-state index < -0.39 is 5.92 Å². The average Bonchev–Trinajstić information content (AvgIpc) is 2.99. The number of Topliss-reactive ketones (excluding diaryl/α,β-unsaturated/α-hetero) is 1. The zero-order valence-corrected chi connectivity index (χ0v) is 12.8. The molecule has 3 aromatic rings. The fourth-order valence-electron chi connectivity index (χ4n) is 2.34. The number of nitrogens with zero attached hydrogens (tertiary/aromatic N) is 4. The lowest BCUT2D eigenvalue weighted by atomic mass is 9.99.